The fraction of sp³-hybridized carbons (Fsp3) is 0.125. The van der Waals surface area contributed by atoms with Gasteiger partial charge in [-0.2, -0.15) is 0 Å². The van der Waals surface area contributed by atoms with Gasteiger partial charge in [0.15, 0.2) is 5.82 Å². The van der Waals surface area contributed by atoms with Gasteiger partial charge in [0.2, 0.25) is 0 Å². The molecule has 0 spiro atoms. The molecule has 1 aromatic carbocycles. The van der Waals surface area contributed by atoms with Gasteiger partial charge in [-0.1, -0.05) is 24.3 Å². The molecule has 0 saturated heterocycles. The number of hydrogen-bond donors (Lipinski definition) is 0. The monoisotopic (exact) mass is 262 g/mol. The minimum Gasteiger partial charge on any atom is -0.241 e. The van der Waals surface area contributed by atoms with E-state index in [0.717, 1.165) is 33.9 Å². The lowest BCUT2D eigenvalue weighted by molar-refractivity contribution is 1.06. The molecule has 0 radical (unpaired) electrons. The molecule has 3 aromatic rings. The topological polar surface area (TPSA) is 51.6 Å². The van der Waals surface area contributed by atoms with E-state index in [1.165, 1.54) is 0 Å². The first-order valence-electron chi connectivity index (χ1n) is 6.40. The number of benzene rings is 1. The third-order valence-electron chi connectivity index (χ3n) is 3.04. The SMILES string of the molecule is Cc1cnc(-c2ccc(-c3cnc(C)nc3)cc2)nc1. The average molecular weight is 262 g/mol. The van der Waals surface area contributed by atoms with Gasteiger partial charge in [0.1, 0.15) is 5.82 Å². The van der Waals surface area contributed by atoms with E-state index in [0.29, 0.717) is 0 Å². The van der Waals surface area contributed by atoms with Crippen LogP contribution < -0.4 is 0 Å². The van der Waals surface area contributed by atoms with Gasteiger partial charge in [-0.25, -0.2) is 19.9 Å². The van der Waals surface area contributed by atoms with E-state index < -0.39 is 0 Å². The van der Waals surface area contributed by atoms with Gasteiger partial charge in [-0.3, -0.25) is 0 Å². The number of nitrogens with zero attached hydrogens (tertiary/aromatic N) is 4. The second-order valence-electron chi connectivity index (χ2n) is 4.68. The van der Waals surface area contributed by atoms with Crippen molar-refractivity contribution in [2.75, 3.05) is 0 Å². The van der Waals surface area contributed by atoms with Crippen molar-refractivity contribution in [3.8, 4) is 22.5 Å². The molecule has 0 amide bonds. The Kier molecular flexibility index (Phi) is 3.21. The Bertz CT molecular complexity index is 636. The predicted molar refractivity (Wildman–Crippen MR) is 78.0 cm³/mol. The van der Waals surface area contributed by atoms with Crippen LogP contribution in [0.3, 0.4) is 0 Å². The van der Waals surface area contributed by atoms with Crippen LogP contribution in [0.25, 0.3) is 22.5 Å². The first-order chi connectivity index (χ1) is 9.72. The van der Waals surface area contributed by atoms with Gasteiger partial charge >= 0.3 is 0 Å². The zero-order chi connectivity index (χ0) is 13.9. The summed E-state index contributed by atoms with van der Waals surface area (Å²) in [6, 6.07) is 8.10. The van der Waals surface area contributed by atoms with Crippen molar-refractivity contribution in [3.63, 3.8) is 0 Å². The van der Waals surface area contributed by atoms with Crippen LogP contribution in [-0.2, 0) is 0 Å². The van der Waals surface area contributed by atoms with Crippen LogP contribution in [0.1, 0.15) is 11.4 Å². The van der Waals surface area contributed by atoms with E-state index in [9.17, 15) is 0 Å². The lowest BCUT2D eigenvalue weighted by atomic mass is 10.1. The molecule has 0 bridgehead atoms. The van der Waals surface area contributed by atoms with Crippen LogP contribution in [0, 0.1) is 13.8 Å². The van der Waals surface area contributed by atoms with Crippen LogP contribution in [0.4, 0.5) is 0 Å². The molecule has 2 heterocycles. The van der Waals surface area contributed by atoms with Crippen molar-refractivity contribution < 1.29 is 0 Å². The van der Waals surface area contributed by atoms with Gasteiger partial charge < -0.3 is 0 Å². The highest BCUT2D eigenvalue weighted by Crippen LogP contribution is 2.21. The quantitative estimate of drug-likeness (QED) is 0.711. The van der Waals surface area contributed by atoms with Gasteiger partial charge in [0, 0.05) is 35.9 Å². The van der Waals surface area contributed by atoms with Gasteiger partial charge in [0.05, 0.1) is 0 Å². The van der Waals surface area contributed by atoms with Crippen LogP contribution in [0.15, 0.2) is 49.1 Å². The maximum Gasteiger partial charge on any atom is 0.159 e. The molecule has 0 N–H and O–H groups in total. The summed E-state index contributed by atoms with van der Waals surface area (Å²) in [6.45, 7) is 3.85. The molecular formula is C16H14N4. The molecule has 3 rings (SSSR count). The van der Waals surface area contributed by atoms with Gasteiger partial charge in [-0.05, 0) is 25.0 Å². The maximum absolute atomic E-state index is 4.33. The third kappa shape index (κ3) is 2.54. The smallest absolute Gasteiger partial charge is 0.159 e. The van der Waals surface area contributed by atoms with Crippen molar-refractivity contribution in [2.45, 2.75) is 13.8 Å². The summed E-state index contributed by atoms with van der Waals surface area (Å²) in [6.07, 6.45) is 7.31. The van der Waals surface area contributed by atoms with E-state index in [1.54, 1.807) is 0 Å². The van der Waals surface area contributed by atoms with Crippen LogP contribution in [0.5, 0.6) is 0 Å². The summed E-state index contributed by atoms with van der Waals surface area (Å²) in [5.41, 5.74) is 4.15. The van der Waals surface area contributed by atoms with Crippen molar-refractivity contribution >= 4 is 0 Å². The summed E-state index contributed by atoms with van der Waals surface area (Å²) < 4.78 is 0. The van der Waals surface area contributed by atoms with Gasteiger partial charge in [-0.15, -0.1) is 0 Å². The molecule has 0 unspecified atom stereocenters. The van der Waals surface area contributed by atoms with E-state index in [1.807, 2.05) is 62.9 Å². The molecule has 98 valence electrons. The standard InChI is InChI=1S/C16H14N4/c1-11-7-19-16(20-8-11)14-5-3-13(4-6-14)15-9-17-12(2)18-10-15/h3-10H,1-2H3. The van der Waals surface area contributed by atoms with E-state index in [-0.39, 0.29) is 0 Å². The van der Waals surface area contributed by atoms with Gasteiger partial charge in [0.25, 0.3) is 0 Å². The molecule has 2 aromatic heterocycles. The number of hydrogen-bond acceptors (Lipinski definition) is 4. The van der Waals surface area contributed by atoms with E-state index in [4.69, 9.17) is 0 Å². The highest BCUT2D eigenvalue weighted by Gasteiger charge is 2.03. The second kappa shape index (κ2) is 5.17. The zero-order valence-corrected chi connectivity index (χ0v) is 11.4. The van der Waals surface area contributed by atoms with Crippen LogP contribution >= 0.6 is 0 Å². The Labute approximate surface area is 117 Å². The molecule has 4 heteroatoms. The Morgan fingerprint density at radius 2 is 1.15 bits per heavy atom. The molecule has 0 fully saturated rings. The lowest BCUT2D eigenvalue weighted by Gasteiger charge is -2.04. The summed E-state index contributed by atoms with van der Waals surface area (Å²) in [5.74, 6) is 1.51. The maximum atomic E-state index is 4.33. The first kappa shape index (κ1) is 12.4. The normalized spacial score (nSPS) is 10.5. The Balaban J connectivity index is 1.91. The van der Waals surface area contributed by atoms with E-state index >= 15 is 0 Å². The lowest BCUT2D eigenvalue weighted by Crippen LogP contribution is -1.90. The van der Waals surface area contributed by atoms with Crippen molar-refractivity contribution in [3.05, 3.63) is 60.4 Å². The molecule has 0 saturated carbocycles. The summed E-state index contributed by atoms with van der Waals surface area (Å²) in [7, 11) is 0. The number of aryl methyl sites for hydroxylation is 2. The second-order valence-corrected chi connectivity index (χ2v) is 4.68. The predicted octanol–water partition coefficient (Wildman–Crippen LogP) is 3.22. The molecule has 0 aliphatic carbocycles. The molecule has 0 aliphatic heterocycles. The van der Waals surface area contributed by atoms with Crippen LogP contribution in [0.2, 0.25) is 0 Å². The van der Waals surface area contributed by atoms with Crippen molar-refractivity contribution in [2.24, 2.45) is 0 Å². The highest BCUT2D eigenvalue weighted by molar-refractivity contribution is 5.66. The van der Waals surface area contributed by atoms with Crippen LogP contribution in [-0.4, -0.2) is 19.9 Å². The van der Waals surface area contributed by atoms with Crippen molar-refractivity contribution in [1.82, 2.24) is 19.9 Å². The fourth-order valence-electron chi connectivity index (χ4n) is 1.90. The Hall–Kier alpha value is -2.62. The summed E-state index contributed by atoms with van der Waals surface area (Å²) >= 11 is 0. The average Bonchev–Trinajstić information content (AvgIpc) is 2.49. The largest absolute Gasteiger partial charge is 0.241 e. The molecule has 0 aliphatic rings. The molecule has 4 nitrogen and oxygen atoms in total. The summed E-state index contributed by atoms with van der Waals surface area (Å²) in [5, 5.41) is 0. The molecular weight excluding hydrogens is 248 g/mol. The number of rotatable bonds is 2. The fourth-order valence-corrected chi connectivity index (χ4v) is 1.90. The highest BCUT2D eigenvalue weighted by atomic mass is 14.9. The first-order valence-corrected chi connectivity index (χ1v) is 6.40. The van der Waals surface area contributed by atoms with E-state index in [2.05, 4.69) is 19.9 Å². The molecule has 0 atom stereocenters. The third-order valence-corrected chi connectivity index (χ3v) is 3.04. The Morgan fingerprint density at radius 1 is 0.600 bits per heavy atom. The minimum absolute atomic E-state index is 0.738. The number of aromatic nitrogens is 4. The minimum atomic E-state index is 0.738. The molecule has 20 heavy (non-hydrogen) atoms. The van der Waals surface area contributed by atoms with Crippen molar-refractivity contribution in [1.29, 1.82) is 0 Å². The summed E-state index contributed by atoms with van der Waals surface area (Å²) in [4.78, 5) is 17.1. The Morgan fingerprint density at radius 3 is 1.75 bits per heavy atom. The zero-order valence-electron chi connectivity index (χ0n) is 11.4.